The zero-order valence-corrected chi connectivity index (χ0v) is 9.56. The highest BCUT2D eigenvalue weighted by Gasteiger charge is 2.34. The lowest BCUT2D eigenvalue weighted by atomic mass is 10.0. The number of carbonyl (C=O) groups excluding carboxylic acids is 1. The van der Waals surface area contributed by atoms with Crippen molar-refractivity contribution in [3.8, 4) is 0 Å². The van der Waals surface area contributed by atoms with E-state index in [1.165, 1.54) is 0 Å². The second kappa shape index (κ2) is 4.71. The lowest BCUT2D eigenvalue weighted by Gasteiger charge is -2.09. The van der Waals surface area contributed by atoms with E-state index in [1.807, 2.05) is 0 Å². The van der Waals surface area contributed by atoms with Gasteiger partial charge in [-0.3, -0.25) is 4.79 Å². The fraction of sp³-hybridized carbons (Fsp3) is 0.462. The molecule has 0 heterocycles. The van der Waals surface area contributed by atoms with Crippen LogP contribution in [0.1, 0.15) is 41.6 Å². The summed E-state index contributed by atoms with van der Waals surface area (Å²) >= 11 is 0. The summed E-state index contributed by atoms with van der Waals surface area (Å²) in [6.45, 7) is 0. The molecule has 0 unspecified atom stereocenters. The van der Waals surface area contributed by atoms with Gasteiger partial charge in [-0.25, -0.2) is 4.39 Å². The van der Waals surface area contributed by atoms with Crippen LogP contribution in [0.3, 0.4) is 0 Å². The maximum absolute atomic E-state index is 13.0. The predicted octanol–water partition coefficient (Wildman–Crippen LogP) is 4.22. The number of halogens is 4. The smallest absolute Gasteiger partial charge is 0.294 e. The molecule has 1 fully saturated rings. The average Bonchev–Trinajstić information content (AvgIpc) is 3.08. The molecule has 0 saturated heterocycles. The van der Waals surface area contributed by atoms with Crippen LogP contribution in [0.5, 0.6) is 0 Å². The van der Waals surface area contributed by atoms with Crippen LogP contribution in [0.25, 0.3) is 0 Å². The predicted molar refractivity (Wildman–Crippen MR) is 57.7 cm³/mol. The van der Waals surface area contributed by atoms with E-state index >= 15 is 0 Å². The molecule has 0 atom stereocenters. The third kappa shape index (κ3) is 3.09. The molecule has 2 rings (SSSR count). The lowest BCUT2D eigenvalue weighted by Crippen LogP contribution is -2.10. The van der Waals surface area contributed by atoms with Crippen LogP contribution in [-0.2, 0) is 6.18 Å². The molecule has 0 spiro atoms. The minimum atomic E-state index is -4.77. The molecule has 0 bridgehead atoms. The number of hydrogen-bond donors (Lipinski definition) is 0. The fourth-order valence-corrected chi connectivity index (χ4v) is 1.80. The van der Waals surface area contributed by atoms with Crippen LogP contribution >= 0.6 is 0 Å². The highest BCUT2D eigenvalue weighted by molar-refractivity contribution is 5.96. The number of benzene rings is 1. The lowest BCUT2D eigenvalue weighted by molar-refractivity contribution is -0.140. The Morgan fingerprint density at radius 1 is 1.28 bits per heavy atom. The first-order valence-electron chi connectivity index (χ1n) is 5.78. The Kier molecular flexibility index (Phi) is 3.41. The van der Waals surface area contributed by atoms with E-state index in [-0.39, 0.29) is 17.8 Å². The van der Waals surface area contributed by atoms with E-state index in [9.17, 15) is 22.4 Å². The largest absolute Gasteiger partial charge is 0.419 e. The van der Waals surface area contributed by atoms with Crippen molar-refractivity contribution in [3.05, 3.63) is 35.1 Å². The molecule has 5 heteroatoms. The van der Waals surface area contributed by atoms with E-state index in [1.54, 1.807) is 0 Å². The molecule has 1 aromatic rings. The van der Waals surface area contributed by atoms with Crippen molar-refractivity contribution < 1.29 is 22.4 Å². The van der Waals surface area contributed by atoms with Gasteiger partial charge < -0.3 is 0 Å². The van der Waals surface area contributed by atoms with E-state index < -0.39 is 17.6 Å². The first kappa shape index (κ1) is 13.1. The van der Waals surface area contributed by atoms with E-state index in [2.05, 4.69) is 0 Å². The molecule has 0 amide bonds. The minimum absolute atomic E-state index is 0.0654. The third-order valence-corrected chi connectivity index (χ3v) is 3.07. The fourth-order valence-electron chi connectivity index (χ4n) is 1.80. The van der Waals surface area contributed by atoms with Crippen LogP contribution in [0, 0.1) is 11.7 Å². The van der Waals surface area contributed by atoms with Gasteiger partial charge in [0.25, 0.3) is 0 Å². The van der Waals surface area contributed by atoms with Gasteiger partial charge in [-0.05, 0) is 30.5 Å². The monoisotopic (exact) mass is 260 g/mol. The van der Waals surface area contributed by atoms with Crippen LogP contribution < -0.4 is 0 Å². The number of hydrogen-bond acceptors (Lipinski definition) is 1. The van der Waals surface area contributed by atoms with Gasteiger partial charge in [0.15, 0.2) is 5.78 Å². The van der Waals surface area contributed by atoms with Gasteiger partial charge in [-0.15, -0.1) is 0 Å². The summed E-state index contributed by atoms with van der Waals surface area (Å²) < 4.78 is 50.4. The standard InChI is InChI=1S/C13H12F4O/c14-11-5-4-9(7-10(11)13(15,16)17)12(18)6-3-8-1-2-8/h4-5,7-8H,1-3,6H2. The summed E-state index contributed by atoms with van der Waals surface area (Å²) in [5.41, 5.74) is -1.44. The third-order valence-electron chi connectivity index (χ3n) is 3.07. The van der Waals surface area contributed by atoms with Gasteiger partial charge >= 0.3 is 6.18 Å². The summed E-state index contributed by atoms with van der Waals surface area (Å²) in [5, 5.41) is 0. The van der Waals surface area contributed by atoms with Crippen molar-refractivity contribution in [3.63, 3.8) is 0 Å². The summed E-state index contributed by atoms with van der Waals surface area (Å²) in [5.74, 6) is -1.16. The molecule has 0 radical (unpaired) electrons. The van der Waals surface area contributed by atoms with Crippen molar-refractivity contribution in [1.29, 1.82) is 0 Å². The van der Waals surface area contributed by atoms with Crippen LogP contribution in [-0.4, -0.2) is 5.78 Å². The van der Waals surface area contributed by atoms with E-state index in [0.717, 1.165) is 18.9 Å². The highest BCUT2D eigenvalue weighted by Crippen LogP contribution is 2.35. The van der Waals surface area contributed by atoms with Crippen molar-refractivity contribution in [1.82, 2.24) is 0 Å². The van der Waals surface area contributed by atoms with Crippen molar-refractivity contribution in [2.24, 2.45) is 5.92 Å². The topological polar surface area (TPSA) is 17.1 Å². The van der Waals surface area contributed by atoms with E-state index in [0.29, 0.717) is 24.5 Å². The molecule has 0 N–H and O–H groups in total. The Bertz CT molecular complexity index is 461. The van der Waals surface area contributed by atoms with Crippen molar-refractivity contribution in [2.45, 2.75) is 31.9 Å². The number of ketones is 1. The second-order valence-electron chi connectivity index (χ2n) is 4.60. The molecule has 1 aliphatic carbocycles. The Morgan fingerprint density at radius 2 is 1.94 bits per heavy atom. The van der Waals surface area contributed by atoms with Gasteiger partial charge in [0.05, 0.1) is 5.56 Å². The molecule has 98 valence electrons. The highest BCUT2D eigenvalue weighted by atomic mass is 19.4. The Hall–Kier alpha value is -1.39. The molecule has 1 aromatic carbocycles. The van der Waals surface area contributed by atoms with E-state index in [4.69, 9.17) is 0 Å². The van der Waals surface area contributed by atoms with Crippen LogP contribution in [0.2, 0.25) is 0 Å². The summed E-state index contributed by atoms with van der Waals surface area (Å²) in [6, 6.07) is 2.41. The Morgan fingerprint density at radius 3 is 2.50 bits per heavy atom. The van der Waals surface area contributed by atoms with Gasteiger partial charge in [-0.2, -0.15) is 13.2 Å². The van der Waals surface area contributed by atoms with Gasteiger partial charge in [-0.1, -0.05) is 12.8 Å². The van der Waals surface area contributed by atoms with Crippen molar-refractivity contribution in [2.75, 3.05) is 0 Å². The van der Waals surface area contributed by atoms with Crippen LogP contribution in [0.4, 0.5) is 17.6 Å². The summed E-state index contributed by atoms with van der Waals surface area (Å²) in [6.07, 6.45) is -1.66. The molecule has 18 heavy (non-hydrogen) atoms. The second-order valence-corrected chi connectivity index (χ2v) is 4.60. The van der Waals surface area contributed by atoms with Gasteiger partial charge in [0.2, 0.25) is 0 Å². The summed E-state index contributed by atoms with van der Waals surface area (Å²) in [7, 11) is 0. The van der Waals surface area contributed by atoms with Crippen molar-refractivity contribution >= 4 is 5.78 Å². The quantitative estimate of drug-likeness (QED) is 0.585. The number of rotatable bonds is 4. The number of carbonyl (C=O) groups is 1. The molecular weight excluding hydrogens is 248 g/mol. The normalized spacial score (nSPS) is 15.8. The SMILES string of the molecule is O=C(CCC1CC1)c1ccc(F)c(C(F)(F)F)c1. The number of Topliss-reactive ketones (excluding diaryl/α,β-unsaturated/α-hetero) is 1. The van der Waals surface area contributed by atoms with Crippen LogP contribution in [0.15, 0.2) is 18.2 Å². The first-order chi connectivity index (χ1) is 8.38. The molecule has 1 saturated carbocycles. The molecule has 1 aliphatic rings. The summed E-state index contributed by atoms with van der Waals surface area (Å²) in [4.78, 5) is 11.7. The zero-order valence-electron chi connectivity index (χ0n) is 9.56. The Labute approximate surface area is 102 Å². The average molecular weight is 260 g/mol. The minimum Gasteiger partial charge on any atom is -0.294 e. The molecular formula is C13H12F4O. The number of alkyl halides is 3. The molecule has 0 aromatic heterocycles. The zero-order chi connectivity index (χ0) is 13.3. The maximum atomic E-state index is 13.0. The Balaban J connectivity index is 2.14. The first-order valence-corrected chi connectivity index (χ1v) is 5.78. The van der Waals surface area contributed by atoms with Gasteiger partial charge in [0, 0.05) is 12.0 Å². The van der Waals surface area contributed by atoms with Gasteiger partial charge in [0.1, 0.15) is 5.82 Å². The molecule has 1 nitrogen and oxygen atoms in total. The molecule has 0 aliphatic heterocycles. The maximum Gasteiger partial charge on any atom is 0.419 e.